The van der Waals surface area contributed by atoms with Crippen LogP contribution in [0.1, 0.15) is 38.6 Å². The van der Waals surface area contributed by atoms with E-state index in [0.717, 1.165) is 37.3 Å². The second-order valence-electron chi connectivity index (χ2n) is 6.18. The average molecular weight is 279 g/mol. The van der Waals surface area contributed by atoms with Crippen LogP contribution in [0.5, 0.6) is 0 Å². The van der Waals surface area contributed by atoms with Crippen molar-refractivity contribution in [1.82, 2.24) is 14.7 Å². The molecule has 0 bridgehead atoms. The van der Waals surface area contributed by atoms with Crippen LogP contribution in [0, 0.1) is 11.3 Å². The first-order valence-electron chi connectivity index (χ1n) is 7.36. The summed E-state index contributed by atoms with van der Waals surface area (Å²) < 4.78 is 1.91. The summed E-state index contributed by atoms with van der Waals surface area (Å²) in [5, 5.41) is 14.0. The highest BCUT2D eigenvalue weighted by atomic mass is 16.4. The molecule has 1 aromatic rings. The van der Waals surface area contributed by atoms with Gasteiger partial charge in [0.15, 0.2) is 0 Å². The zero-order valence-electron chi connectivity index (χ0n) is 12.9. The third-order valence-electron chi connectivity index (χ3n) is 4.69. The van der Waals surface area contributed by atoms with Gasteiger partial charge < -0.3 is 5.11 Å². The molecule has 1 aliphatic rings. The van der Waals surface area contributed by atoms with Gasteiger partial charge in [-0.25, -0.2) is 0 Å². The molecule has 5 nitrogen and oxygen atoms in total. The maximum atomic E-state index is 11.6. The van der Waals surface area contributed by atoms with E-state index in [1.807, 2.05) is 25.6 Å². The first-order chi connectivity index (χ1) is 9.39. The Kier molecular flexibility index (Phi) is 4.18. The molecule has 1 unspecified atom stereocenters. The van der Waals surface area contributed by atoms with Crippen LogP contribution in [0.2, 0.25) is 0 Å². The fourth-order valence-electron chi connectivity index (χ4n) is 3.06. The number of carbonyl (C=O) groups is 1. The molecule has 0 amide bonds. The molecule has 1 aromatic heterocycles. The molecule has 5 heteroatoms. The van der Waals surface area contributed by atoms with E-state index in [1.165, 1.54) is 0 Å². The predicted molar refractivity (Wildman–Crippen MR) is 77.4 cm³/mol. The molecule has 0 aromatic carbocycles. The van der Waals surface area contributed by atoms with Gasteiger partial charge in [-0.1, -0.05) is 20.8 Å². The molecule has 20 heavy (non-hydrogen) atoms. The number of hydrogen-bond acceptors (Lipinski definition) is 3. The zero-order valence-corrected chi connectivity index (χ0v) is 12.9. The van der Waals surface area contributed by atoms with Gasteiger partial charge in [0.2, 0.25) is 0 Å². The second-order valence-corrected chi connectivity index (χ2v) is 6.18. The maximum Gasteiger partial charge on any atom is 0.311 e. The summed E-state index contributed by atoms with van der Waals surface area (Å²) in [6.45, 7) is 8.37. The summed E-state index contributed by atoms with van der Waals surface area (Å²) in [4.78, 5) is 13.9. The minimum atomic E-state index is -0.658. The lowest BCUT2D eigenvalue weighted by Crippen LogP contribution is -2.39. The van der Waals surface area contributed by atoms with Crippen molar-refractivity contribution in [3.8, 4) is 0 Å². The number of aromatic nitrogens is 2. The normalized spacial score (nSPS) is 23.6. The van der Waals surface area contributed by atoms with E-state index < -0.39 is 11.4 Å². The van der Waals surface area contributed by atoms with E-state index in [9.17, 15) is 9.90 Å². The summed E-state index contributed by atoms with van der Waals surface area (Å²) in [5.41, 5.74) is 1.66. The van der Waals surface area contributed by atoms with Gasteiger partial charge in [0.1, 0.15) is 0 Å². The Morgan fingerprint density at radius 3 is 2.70 bits per heavy atom. The Labute approximate surface area is 120 Å². The Morgan fingerprint density at radius 1 is 1.55 bits per heavy atom. The Bertz CT molecular complexity index is 495. The van der Waals surface area contributed by atoms with E-state index in [1.54, 1.807) is 0 Å². The number of carboxylic acids is 1. The maximum absolute atomic E-state index is 11.6. The van der Waals surface area contributed by atoms with Crippen molar-refractivity contribution in [3.05, 3.63) is 17.5 Å². The number of carboxylic acid groups (broad SMARTS) is 1. The number of rotatable bonds is 5. The van der Waals surface area contributed by atoms with Crippen LogP contribution in [0.3, 0.4) is 0 Å². The number of nitrogens with zero attached hydrogens (tertiary/aromatic N) is 3. The zero-order chi connectivity index (χ0) is 14.9. The summed E-state index contributed by atoms with van der Waals surface area (Å²) in [5.74, 6) is -0.503. The highest BCUT2D eigenvalue weighted by molar-refractivity contribution is 5.75. The lowest BCUT2D eigenvalue weighted by atomic mass is 9.76. The first-order valence-corrected chi connectivity index (χ1v) is 7.36. The predicted octanol–water partition coefficient (Wildman–Crippen LogP) is 1.92. The third-order valence-corrected chi connectivity index (χ3v) is 4.69. The highest BCUT2D eigenvalue weighted by Gasteiger charge is 2.47. The number of aliphatic carboxylic acids is 1. The summed E-state index contributed by atoms with van der Waals surface area (Å²) >= 11 is 0. The van der Waals surface area contributed by atoms with Crippen LogP contribution in [0.25, 0.3) is 0 Å². The van der Waals surface area contributed by atoms with E-state index in [-0.39, 0.29) is 5.92 Å². The molecule has 0 spiro atoms. The van der Waals surface area contributed by atoms with Gasteiger partial charge in [0.05, 0.1) is 16.8 Å². The fraction of sp³-hybridized carbons (Fsp3) is 0.733. The van der Waals surface area contributed by atoms with Crippen molar-refractivity contribution in [1.29, 1.82) is 0 Å². The molecule has 1 N–H and O–H groups in total. The fourth-order valence-corrected chi connectivity index (χ4v) is 3.06. The molecule has 0 saturated carbocycles. The summed E-state index contributed by atoms with van der Waals surface area (Å²) in [7, 11) is 1.96. The van der Waals surface area contributed by atoms with Crippen LogP contribution in [-0.4, -0.2) is 38.8 Å². The third kappa shape index (κ3) is 2.59. The molecular weight excluding hydrogens is 254 g/mol. The van der Waals surface area contributed by atoms with Crippen molar-refractivity contribution in [3.63, 3.8) is 0 Å². The molecule has 1 atom stereocenters. The lowest BCUT2D eigenvalue weighted by Gasteiger charge is -2.28. The minimum absolute atomic E-state index is 0.155. The van der Waals surface area contributed by atoms with Crippen LogP contribution in [-0.2, 0) is 24.8 Å². The van der Waals surface area contributed by atoms with Crippen LogP contribution in [0.15, 0.2) is 6.07 Å². The van der Waals surface area contributed by atoms with Crippen molar-refractivity contribution < 1.29 is 9.90 Å². The van der Waals surface area contributed by atoms with Gasteiger partial charge in [-0.2, -0.15) is 5.10 Å². The number of likely N-dealkylation sites (tertiary alicyclic amines) is 1. The van der Waals surface area contributed by atoms with Crippen molar-refractivity contribution in [2.45, 2.75) is 40.2 Å². The van der Waals surface area contributed by atoms with Gasteiger partial charge in [-0.3, -0.25) is 14.4 Å². The van der Waals surface area contributed by atoms with Crippen LogP contribution in [0.4, 0.5) is 0 Å². The van der Waals surface area contributed by atoms with Crippen molar-refractivity contribution in [2.24, 2.45) is 18.4 Å². The molecule has 112 valence electrons. The summed E-state index contributed by atoms with van der Waals surface area (Å²) in [6, 6.07) is 2.12. The molecular formula is C15H25N3O2. The van der Waals surface area contributed by atoms with Crippen molar-refractivity contribution in [2.75, 3.05) is 13.1 Å². The van der Waals surface area contributed by atoms with Crippen molar-refractivity contribution >= 4 is 5.97 Å². The Hall–Kier alpha value is -1.36. The van der Waals surface area contributed by atoms with E-state index in [0.29, 0.717) is 6.54 Å². The first kappa shape index (κ1) is 15.0. The number of hydrogen-bond donors (Lipinski definition) is 1. The quantitative estimate of drug-likeness (QED) is 0.894. The summed E-state index contributed by atoms with van der Waals surface area (Å²) in [6.07, 6.45) is 1.66. The van der Waals surface area contributed by atoms with E-state index >= 15 is 0 Å². The van der Waals surface area contributed by atoms with Gasteiger partial charge in [-0.15, -0.1) is 0 Å². The van der Waals surface area contributed by atoms with Gasteiger partial charge in [0.25, 0.3) is 0 Å². The monoisotopic (exact) mass is 279 g/mol. The molecule has 1 aliphatic heterocycles. The molecule has 1 fully saturated rings. The molecule has 2 rings (SSSR count). The van der Waals surface area contributed by atoms with Gasteiger partial charge in [0, 0.05) is 20.1 Å². The SMILES string of the molecule is CCc1cc(CN2CCC(C(=O)O)(C(C)C)C2)n(C)n1. The molecule has 0 aliphatic carbocycles. The number of aryl methyl sites for hydroxylation is 2. The molecule has 0 radical (unpaired) electrons. The average Bonchev–Trinajstić information content (AvgIpc) is 2.95. The largest absolute Gasteiger partial charge is 0.481 e. The topological polar surface area (TPSA) is 58.4 Å². The van der Waals surface area contributed by atoms with E-state index in [4.69, 9.17) is 0 Å². The molecule has 2 heterocycles. The van der Waals surface area contributed by atoms with Crippen LogP contribution >= 0.6 is 0 Å². The molecule has 1 saturated heterocycles. The smallest absolute Gasteiger partial charge is 0.311 e. The minimum Gasteiger partial charge on any atom is -0.481 e. The highest BCUT2D eigenvalue weighted by Crippen LogP contribution is 2.38. The Morgan fingerprint density at radius 2 is 2.25 bits per heavy atom. The standard InChI is InChI=1S/C15H25N3O2/c1-5-12-8-13(17(4)16-12)9-18-7-6-15(10-18,11(2)3)14(19)20/h8,11H,5-7,9-10H2,1-4H3,(H,19,20). The van der Waals surface area contributed by atoms with E-state index in [2.05, 4.69) is 23.0 Å². The van der Waals surface area contributed by atoms with Gasteiger partial charge in [-0.05, 0) is 31.4 Å². The Balaban J connectivity index is 2.09. The van der Waals surface area contributed by atoms with Crippen LogP contribution < -0.4 is 0 Å². The van der Waals surface area contributed by atoms with Gasteiger partial charge >= 0.3 is 5.97 Å². The lowest BCUT2D eigenvalue weighted by molar-refractivity contribution is -0.151. The second kappa shape index (κ2) is 5.56.